The minimum absolute atomic E-state index is 0.545. The van der Waals surface area contributed by atoms with E-state index in [2.05, 4.69) is 46.2 Å². The highest BCUT2D eigenvalue weighted by atomic mass is 15.1. The summed E-state index contributed by atoms with van der Waals surface area (Å²) in [7, 11) is 2.29. The summed E-state index contributed by atoms with van der Waals surface area (Å²) >= 11 is 0. The van der Waals surface area contributed by atoms with Gasteiger partial charge < -0.3 is 4.90 Å². The van der Waals surface area contributed by atoms with Gasteiger partial charge in [0.05, 0.1) is 0 Å². The van der Waals surface area contributed by atoms with E-state index in [0.717, 1.165) is 35.5 Å². The second-order valence-corrected chi connectivity index (χ2v) is 12.4. The molecular weight excluding hydrogens is 374 g/mol. The van der Waals surface area contributed by atoms with Crippen molar-refractivity contribution in [2.75, 3.05) is 20.1 Å². The first kappa shape index (κ1) is 25.1. The van der Waals surface area contributed by atoms with Crippen LogP contribution in [0.15, 0.2) is 24.3 Å². The Balaban J connectivity index is 1.62. The Morgan fingerprint density at radius 2 is 1.81 bits per heavy atom. The molecule has 0 spiro atoms. The van der Waals surface area contributed by atoms with Gasteiger partial charge in [-0.25, -0.2) is 0 Å². The molecule has 3 aliphatic rings. The number of allylic oxidation sites excluding steroid dienone is 2. The molecule has 0 radical (unpaired) electrons. The summed E-state index contributed by atoms with van der Waals surface area (Å²) in [6, 6.07) is 0. The molecule has 0 N–H and O–H groups in total. The van der Waals surface area contributed by atoms with Crippen LogP contribution in [0.2, 0.25) is 0 Å². The van der Waals surface area contributed by atoms with E-state index in [1.54, 1.807) is 5.57 Å². The van der Waals surface area contributed by atoms with Crippen LogP contribution in [0.25, 0.3) is 0 Å². The Hall–Kier alpha value is -0.560. The maximum Gasteiger partial charge on any atom is -0.00191 e. The first-order valence-electron chi connectivity index (χ1n) is 13.7. The zero-order valence-corrected chi connectivity index (χ0v) is 21.7. The molecule has 1 heterocycles. The Morgan fingerprint density at radius 1 is 1.13 bits per heavy atom. The van der Waals surface area contributed by atoms with E-state index < -0.39 is 0 Å². The molecule has 5 unspecified atom stereocenters. The standard InChI is InChI=1S/C30H53N/c1-8-9-28-29(23(4)11-10-22(2)3)24(5)20-27-21-26(14-17-30(27,28)6)13-12-25-15-18-31(7)19-16-25/h23,25-29H,2,5,8-21H2,1,3-4,6-7H3/t23?,26?,27?,28?,29?,30-/m0/s1. The van der Waals surface area contributed by atoms with Crippen molar-refractivity contribution in [1.82, 2.24) is 4.90 Å². The summed E-state index contributed by atoms with van der Waals surface area (Å²) in [5, 5.41) is 0. The SMILES string of the molecule is C=C(C)CCC(C)C1C(=C)CC2CC(CCC3CCN(C)CC3)CC[C@]2(C)C1CCC. The van der Waals surface area contributed by atoms with Gasteiger partial charge in [-0.15, -0.1) is 6.58 Å². The first-order chi connectivity index (χ1) is 14.7. The van der Waals surface area contributed by atoms with E-state index in [4.69, 9.17) is 6.58 Å². The van der Waals surface area contributed by atoms with Crippen LogP contribution >= 0.6 is 0 Å². The van der Waals surface area contributed by atoms with Crippen LogP contribution in [0.1, 0.15) is 105 Å². The minimum Gasteiger partial charge on any atom is -0.306 e. The molecule has 0 amide bonds. The highest BCUT2D eigenvalue weighted by Crippen LogP contribution is 2.61. The van der Waals surface area contributed by atoms with Crippen molar-refractivity contribution in [3.8, 4) is 0 Å². The van der Waals surface area contributed by atoms with E-state index >= 15 is 0 Å². The largest absolute Gasteiger partial charge is 0.306 e. The van der Waals surface area contributed by atoms with Crippen LogP contribution < -0.4 is 0 Å². The van der Waals surface area contributed by atoms with Crippen molar-refractivity contribution >= 4 is 0 Å². The van der Waals surface area contributed by atoms with Gasteiger partial charge in [-0.1, -0.05) is 57.8 Å². The molecule has 0 bridgehead atoms. The first-order valence-corrected chi connectivity index (χ1v) is 13.7. The summed E-state index contributed by atoms with van der Waals surface area (Å²) in [5.74, 6) is 5.19. The number of rotatable bonds is 9. The van der Waals surface area contributed by atoms with E-state index in [1.807, 2.05) is 0 Å². The second-order valence-electron chi connectivity index (χ2n) is 12.4. The predicted octanol–water partition coefficient (Wildman–Crippen LogP) is 8.52. The zero-order chi connectivity index (χ0) is 22.6. The third kappa shape index (κ3) is 6.07. The lowest BCUT2D eigenvalue weighted by Crippen LogP contribution is -2.49. The maximum absolute atomic E-state index is 4.72. The van der Waals surface area contributed by atoms with Gasteiger partial charge in [0.15, 0.2) is 0 Å². The van der Waals surface area contributed by atoms with Crippen LogP contribution in [0.4, 0.5) is 0 Å². The quantitative estimate of drug-likeness (QED) is 0.333. The fourth-order valence-corrected chi connectivity index (χ4v) is 7.82. The van der Waals surface area contributed by atoms with Gasteiger partial charge >= 0.3 is 0 Å². The maximum atomic E-state index is 4.72. The molecule has 1 saturated heterocycles. The van der Waals surface area contributed by atoms with E-state index in [-0.39, 0.29) is 0 Å². The zero-order valence-electron chi connectivity index (χ0n) is 21.7. The van der Waals surface area contributed by atoms with Crippen LogP contribution in [-0.2, 0) is 0 Å². The molecule has 1 nitrogen and oxygen atoms in total. The highest BCUT2D eigenvalue weighted by molar-refractivity contribution is 5.16. The van der Waals surface area contributed by atoms with Gasteiger partial charge in [0.2, 0.25) is 0 Å². The van der Waals surface area contributed by atoms with Crippen molar-refractivity contribution in [2.24, 2.45) is 40.9 Å². The molecule has 0 aromatic heterocycles. The molecule has 2 saturated carbocycles. The molecule has 3 rings (SSSR count). The Labute approximate surface area is 195 Å². The highest BCUT2D eigenvalue weighted by Gasteiger charge is 2.52. The molecule has 2 aliphatic carbocycles. The summed E-state index contributed by atoms with van der Waals surface area (Å²) in [6.07, 6.45) is 16.8. The van der Waals surface area contributed by atoms with Gasteiger partial charge in [-0.2, -0.15) is 0 Å². The van der Waals surface area contributed by atoms with Crippen molar-refractivity contribution in [3.05, 3.63) is 24.3 Å². The second kappa shape index (κ2) is 11.0. The monoisotopic (exact) mass is 427 g/mol. The molecular formula is C30H53N. The lowest BCUT2D eigenvalue weighted by Gasteiger charge is -2.57. The summed E-state index contributed by atoms with van der Waals surface area (Å²) in [5.41, 5.74) is 3.49. The van der Waals surface area contributed by atoms with Crippen molar-refractivity contribution in [1.29, 1.82) is 0 Å². The van der Waals surface area contributed by atoms with E-state index in [1.165, 1.54) is 95.7 Å². The number of hydrogen-bond acceptors (Lipinski definition) is 1. The molecule has 0 aromatic carbocycles. The number of hydrogen-bond donors (Lipinski definition) is 0. The molecule has 31 heavy (non-hydrogen) atoms. The topological polar surface area (TPSA) is 3.24 Å². The normalized spacial score (nSPS) is 36.2. The third-order valence-corrected chi connectivity index (χ3v) is 9.96. The molecule has 1 aliphatic heterocycles. The van der Waals surface area contributed by atoms with Gasteiger partial charge in [0.1, 0.15) is 0 Å². The predicted molar refractivity (Wildman–Crippen MR) is 137 cm³/mol. The third-order valence-electron chi connectivity index (χ3n) is 9.96. The smallest absolute Gasteiger partial charge is 0.00191 e. The van der Waals surface area contributed by atoms with Crippen molar-refractivity contribution in [2.45, 2.75) is 105 Å². The molecule has 178 valence electrons. The fraction of sp³-hybridized carbons (Fsp3) is 0.867. The lowest BCUT2D eigenvalue weighted by molar-refractivity contribution is -0.0449. The molecule has 6 atom stereocenters. The summed E-state index contributed by atoms with van der Waals surface area (Å²) in [6.45, 7) is 21.3. The lowest BCUT2D eigenvalue weighted by atomic mass is 9.47. The van der Waals surface area contributed by atoms with E-state index in [0.29, 0.717) is 5.41 Å². The van der Waals surface area contributed by atoms with Gasteiger partial charge in [0.25, 0.3) is 0 Å². The minimum atomic E-state index is 0.545. The van der Waals surface area contributed by atoms with Gasteiger partial charge in [-0.3, -0.25) is 0 Å². The molecule has 3 fully saturated rings. The Bertz CT molecular complexity index is 598. The Kier molecular flexibility index (Phi) is 8.93. The van der Waals surface area contributed by atoms with Crippen LogP contribution in [-0.4, -0.2) is 25.0 Å². The van der Waals surface area contributed by atoms with Gasteiger partial charge in [0, 0.05) is 0 Å². The fourth-order valence-electron chi connectivity index (χ4n) is 7.82. The van der Waals surface area contributed by atoms with Crippen LogP contribution in [0.5, 0.6) is 0 Å². The molecule has 0 aromatic rings. The number of likely N-dealkylation sites (tertiary alicyclic amines) is 1. The van der Waals surface area contributed by atoms with Crippen molar-refractivity contribution < 1.29 is 0 Å². The van der Waals surface area contributed by atoms with Crippen LogP contribution in [0, 0.1) is 40.9 Å². The number of piperidine rings is 1. The van der Waals surface area contributed by atoms with Crippen LogP contribution in [0.3, 0.4) is 0 Å². The summed E-state index contributed by atoms with van der Waals surface area (Å²) < 4.78 is 0. The van der Waals surface area contributed by atoms with Crippen molar-refractivity contribution in [3.63, 3.8) is 0 Å². The number of nitrogens with zero attached hydrogens (tertiary/aromatic N) is 1. The average molecular weight is 428 g/mol. The summed E-state index contributed by atoms with van der Waals surface area (Å²) in [4.78, 5) is 2.51. The molecule has 1 heteroatoms. The Morgan fingerprint density at radius 3 is 2.45 bits per heavy atom. The van der Waals surface area contributed by atoms with E-state index in [9.17, 15) is 0 Å². The number of fused-ring (bicyclic) bond motifs is 1. The average Bonchev–Trinajstić information content (AvgIpc) is 2.73. The van der Waals surface area contributed by atoms with Gasteiger partial charge in [-0.05, 0) is 126 Å².